The zero-order valence-corrected chi connectivity index (χ0v) is 17.2. The van der Waals surface area contributed by atoms with E-state index >= 15 is 0 Å². The van der Waals surface area contributed by atoms with E-state index in [1.165, 1.54) is 0 Å². The van der Waals surface area contributed by atoms with Crippen LogP contribution in [0.15, 0.2) is 59.6 Å². The van der Waals surface area contributed by atoms with Crippen LogP contribution in [0.2, 0.25) is 0 Å². The molecule has 0 atom stereocenters. The number of rotatable bonds is 5. The van der Waals surface area contributed by atoms with Crippen LogP contribution in [0.25, 0.3) is 0 Å². The van der Waals surface area contributed by atoms with E-state index in [4.69, 9.17) is 6.42 Å². The molecule has 0 saturated heterocycles. The van der Waals surface area contributed by atoms with E-state index in [0.717, 1.165) is 11.1 Å². The summed E-state index contributed by atoms with van der Waals surface area (Å²) in [7, 11) is 3.76. The summed E-state index contributed by atoms with van der Waals surface area (Å²) >= 11 is 0. The van der Waals surface area contributed by atoms with E-state index in [1.807, 2.05) is 61.5 Å². The smallest absolute Gasteiger partial charge is 0.243 e. The molecule has 26 heavy (non-hydrogen) atoms. The zero-order valence-electron chi connectivity index (χ0n) is 14.9. The van der Waals surface area contributed by atoms with E-state index in [-0.39, 0.29) is 36.4 Å². The molecule has 2 aromatic carbocycles. The summed E-state index contributed by atoms with van der Waals surface area (Å²) in [5.41, 5.74) is 2.51. The Hall–Kier alpha value is -2.53. The Morgan fingerprint density at radius 2 is 1.88 bits per heavy atom. The molecule has 1 amide bonds. The largest absolute Gasteiger partial charge is 0.349 e. The standard InChI is InChI=1S/C20H22N4O.HI/c1-4-16-11-8-12-18(13-16)23-19(25)15-22-20(24(2)3)21-14-17-9-6-5-7-10-17;/h1,5-13H,14-15H2,2-3H3,(H,21,22)(H,23,25);1H. The van der Waals surface area contributed by atoms with Crippen molar-refractivity contribution in [3.05, 3.63) is 65.7 Å². The maximum Gasteiger partial charge on any atom is 0.243 e. The van der Waals surface area contributed by atoms with Crippen molar-refractivity contribution < 1.29 is 4.79 Å². The molecule has 0 fully saturated rings. The van der Waals surface area contributed by atoms with Gasteiger partial charge in [0.25, 0.3) is 0 Å². The van der Waals surface area contributed by atoms with Gasteiger partial charge in [0.2, 0.25) is 5.91 Å². The monoisotopic (exact) mass is 462 g/mol. The third-order valence-electron chi connectivity index (χ3n) is 3.40. The lowest BCUT2D eigenvalue weighted by Gasteiger charge is -2.17. The topological polar surface area (TPSA) is 56.7 Å². The minimum Gasteiger partial charge on any atom is -0.349 e. The van der Waals surface area contributed by atoms with Crippen LogP contribution in [0.4, 0.5) is 5.69 Å². The van der Waals surface area contributed by atoms with Crippen LogP contribution in [0.3, 0.4) is 0 Å². The lowest BCUT2D eigenvalue weighted by Crippen LogP contribution is -2.40. The number of amides is 1. The average molecular weight is 462 g/mol. The molecule has 6 heteroatoms. The van der Waals surface area contributed by atoms with Gasteiger partial charge in [-0.15, -0.1) is 30.4 Å². The first kappa shape index (κ1) is 21.5. The number of hydrogen-bond donors (Lipinski definition) is 2. The second kappa shape index (κ2) is 11.2. The fourth-order valence-electron chi connectivity index (χ4n) is 2.16. The number of anilines is 1. The fourth-order valence-corrected chi connectivity index (χ4v) is 2.16. The van der Waals surface area contributed by atoms with E-state index in [0.29, 0.717) is 18.2 Å². The van der Waals surface area contributed by atoms with Gasteiger partial charge in [0.05, 0.1) is 13.1 Å². The molecule has 5 nitrogen and oxygen atoms in total. The number of guanidine groups is 1. The number of carbonyl (C=O) groups excluding carboxylic acids is 1. The van der Waals surface area contributed by atoms with Gasteiger partial charge in [-0.2, -0.15) is 0 Å². The van der Waals surface area contributed by atoms with Gasteiger partial charge in [0.1, 0.15) is 0 Å². The highest BCUT2D eigenvalue weighted by Crippen LogP contribution is 2.09. The van der Waals surface area contributed by atoms with Crippen LogP contribution >= 0.6 is 24.0 Å². The highest BCUT2D eigenvalue weighted by Gasteiger charge is 2.06. The maximum absolute atomic E-state index is 12.1. The Kier molecular flexibility index (Phi) is 9.23. The predicted octanol–water partition coefficient (Wildman–Crippen LogP) is 2.93. The van der Waals surface area contributed by atoms with Crippen molar-refractivity contribution in [1.82, 2.24) is 10.2 Å². The second-order valence-corrected chi connectivity index (χ2v) is 5.65. The number of halogens is 1. The normalized spacial score (nSPS) is 10.3. The van der Waals surface area contributed by atoms with Crippen LogP contribution in [0, 0.1) is 12.3 Å². The highest BCUT2D eigenvalue weighted by atomic mass is 127. The van der Waals surface area contributed by atoms with Crippen LogP contribution < -0.4 is 10.6 Å². The van der Waals surface area contributed by atoms with Crippen molar-refractivity contribution in [2.75, 3.05) is 26.0 Å². The Balaban J connectivity index is 0.00000338. The van der Waals surface area contributed by atoms with Gasteiger partial charge in [-0.25, -0.2) is 4.99 Å². The molecule has 2 rings (SSSR count). The van der Waals surface area contributed by atoms with Crippen molar-refractivity contribution in [2.24, 2.45) is 4.99 Å². The van der Waals surface area contributed by atoms with E-state index in [2.05, 4.69) is 21.5 Å². The van der Waals surface area contributed by atoms with Crippen molar-refractivity contribution in [2.45, 2.75) is 6.54 Å². The Morgan fingerprint density at radius 1 is 1.15 bits per heavy atom. The predicted molar refractivity (Wildman–Crippen MR) is 118 cm³/mol. The minimum absolute atomic E-state index is 0. The van der Waals surface area contributed by atoms with Crippen molar-refractivity contribution >= 4 is 41.5 Å². The van der Waals surface area contributed by atoms with Crippen LogP contribution in [-0.2, 0) is 11.3 Å². The summed E-state index contributed by atoms with van der Waals surface area (Å²) in [4.78, 5) is 18.5. The molecule has 0 aromatic heterocycles. The molecule has 0 heterocycles. The zero-order chi connectivity index (χ0) is 18.1. The maximum atomic E-state index is 12.1. The molecule has 136 valence electrons. The Labute approximate surface area is 171 Å². The summed E-state index contributed by atoms with van der Waals surface area (Å²) in [5, 5.41) is 5.88. The SMILES string of the molecule is C#Cc1cccc(NC(=O)CNC(=NCc2ccccc2)N(C)C)c1.I. The first-order chi connectivity index (χ1) is 12.1. The molecular formula is C20H23IN4O. The molecule has 0 saturated carbocycles. The molecule has 0 aliphatic heterocycles. The first-order valence-corrected chi connectivity index (χ1v) is 7.94. The van der Waals surface area contributed by atoms with Crippen LogP contribution in [0.1, 0.15) is 11.1 Å². The fraction of sp³-hybridized carbons (Fsp3) is 0.200. The lowest BCUT2D eigenvalue weighted by atomic mass is 10.2. The van der Waals surface area contributed by atoms with Crippen LogP contribution in [-0.4, -0.2) is 37.4 Å². The number of aliphatic imine (C=N–C) groups is 1. The van der Waals surface area contributed by atoms with Crippen molar-refractivity contribution in [3.63, 3.8) is 0 Å². The van der Waals surface area contributed by atoms with Gasteiger partial charge in [-0.3, -0.25) is 4.79 Å². The number of nitrogens with zero attached hydrogens (tertiary/aromatic N) is 2. The number of nitrogens with one attached hydrogen (secondary N) is 2. The van der Waals surface area contributed by atoms with E-state index in [9.17, 15) is 4.79 Å². The number of hydrogen-bond acceptors (Lipinski definition) is 2. The molecule has 0 radical (unpaired) electrons. The molecular weight excluding hydrogens is 439 g/mol. The summed E-state index contributed by atoms with van der Waals surface area (Å²) in [6.45, 7) is 0.666. The van der Waals surface area contributed by atoms with Gasteiger partial charge in [0.15, 0.2) is 5.96 Å². The van der Waals surface area contributed by atoms with Crippen molar-refractivity contribution in [1.29, 1.82) is 0 Å². The van der Waals surface area contributed by atoms with Gasteiger partial charge in [-0.1, -0.05) is 42.3 Å². The number of benzene rings is 2. The quantitative estimate of drug-likeness (QED) is 0.311. The molecule has 2 aromatic rings. The molecule has 0 aliphatic rings. The summed E-state index contributed by atoms with van der Waals surface area (Å²) in [5.74, 6) is 3.03. The molecule has 2 N–H and O–H groups in total. The van der Waals surface area contributed by atoms with E-state index < -0.39 is 0 Å². The molecule has 0 spiro atoms. The Morgan fingerprint density at radius 3 is 2.54 bits per heavy atom. The number of terminal acetylenes is 1. The highest BCUT2D eigenvalue weighted by molar-refractivity contribution is 14.0. The summed E-state index contributed by atoms with van der Waals surface area (Å²) < 4.78 is 0. The second-order valence-electron chi connectivity index (χ2n) is 5.65. The van der Waals surface area contributed by atoms with Crippen LogP contribution in [0.5, 0.6) is 0 Å². The molecule has 0 unspecified atom stereocenters. The van der Waals surface area contributed by atoms with Gasteiger partial charge < -0.3 is 15.5 Å². The molecule has 0 bridgehead atoms. The third kappa shape index (κ3) is 7.15. The Bertz CT molecular complexity index is 782. The third-order valence-corrected chi connectivity index (χ3v) is 3.40. The van der Waals surface area contributed by atoms with Gasteiger partial charge in [-0.05, 0) is 23.8 Å². The van der Waals surface area contributed by atoms with E-state index in [1.54, 1.807) is 12.1 Å². The number of carbonyl (C=O) groups is 1. The summed E-state index contributed by atoms with van der Waals surface area (Å²) in [6.07, 6.45) is 5.37. The summed E-state index contributed by atoms with van der Waals surface area (Å²) in [6, 6.07) is 17.1. The lowest BCUT2D eigenvalue weighted by molar-refractivity contribution is -0.115. The van der Waals surface area contributed by atoms with Gasteiger partial charge >= 0.3 is 0 Å². The van der Waals surface area contributed by atoms with Crippen molar-refractivity contribution in [3.8, 4) is 12.3 Å². The average Bonchev–Trinajstić information content (AvgIpc) is 2.62. The first-order valence-electron chi connectivity index (χ1n) is 7.94. The molecule has 0 aliphatic carbocycles. The minimum atomic E-state index is -0.163. The van der Waals surface area contributed by atoms with Gasteiger partial charge in [0, 0.05) is 25.3 Å².